The van der Waals surface area contributed by atoms with Gasteiger partial charge >= 0.3 is 0 Å². The lowest BCUT2D eigenvalue weighted by molar-refractivity contribution is -0.118. The number of benzene rings is 1. The Labute approximate surface area is 122 Å². The lowest BCUT2D eigenvalue weighted by atomic mass is 10.0. The molecule has 0 saturated heterocycles. The van der Waals surface area contributed by atoms with Gasteiger partial charge in [0.15, 0.2) is 0 Å². The molecule has 0 N–H and O–H groups in total. The molecular formula is C17H25ClO. The number of halogens is 1. The zero-order valence-electron chi connectivity index (χ0n) is 12.0. The lowest BCUT2D eigenvalue weighted by Gasteiger charge is -2.03. The summed E-state index contributed by atoms with van der Waals surface area (Å²) in [6, 6.07) is 7.59. The molecule has 0 aliphatic rings. The number of unbranched alkanes of at least 4 members (excludes halogenated alkanes) is 6. The quantitative estimate of drug-likeness (QED) is 0.510. The minimum atomic E-state index is 0.329. The molecule has 1 nitrogen and oxygen atoms in total. The number of hydrogen-bond donors (Lipinski definition) is 0. The van der Waals surface area contributed by atoms with Crippen molar-refractivity contribution in [1.29, 1.82) is 0 Å². The van der Waals surface area contributed by atoms with Crippen LogP contribution in [0.4, 0.5) is 0 Å². The second-order valence-electron chi connectivity index (χ2n) is 5.22. The van der Waals surface area contributed by atoms with Gasteiger partial charge in [-0.3, -0.25) is 4.79 Å². The molecule has 0 aromatic heterocycles. The SMILES string of the molecule is CCCCCCCCCC(=O)Cc1cccc(Cl)c1. The fraction of sp³-hybridized carbons (Fsp3) is 0.588. The van der Waals surface area contributed by atoms with Gasteiger partial charge in [0.25, 0.3) is 0 Å². The second kappa shape index (κ2) is 10.0. The van der Waals surface area contributed by atoms with Crippen LogP contribution in [0.1, 0.15) is 63.9 Å². The average Bonchev–Trinajstić information content (AvgIpc) is 2.37. The first-order valence-electron chi connectivity index (χ1n) is 7.48. The zero-order valence-corrected chi connectivity index (χ0v) is 12.7. The van der Waals surface area contributed by atoms with Gasteiger partial charge in [0.1, 0.15) is 5.78 Å². The largest absolute Gasteiger partial charge is 0.299 e. The third kappa shape index (κ3) is 8.05. The highest BCUT2D eigenvalue weighted by Crippen LogP contribution is 2.13. The third-order valence-electron chi connectivity index (χ3n) is 3.35. The van der Waals surface area contributed by atoms with E-state index in [1.165, 1.54) is 38.5 Å². The summed E-state index contributed by atoms with van der Waals surface area (Å²) in [5.41, 5.74) is 1.03. The molecular weight excluding hydrogens is 256 g/mol. The summed E-state index contributed by atoms with van der Waals surface area (Å²) in [7, 11) is 0. The molecule has 0 spiro atoms. The van der Waals surface area contributed by atoms with Crippen LogP contribution in [0.25, 0.3) is 0 Å². The highest BCUT2D eigenvalue weighted by molar-refractivity contribution is 6.30. The summed E-state index contributed by atoms with van der Waals surface area (Å²) in [6.07, 6.45) is 10.0. The lowest BCUT2D eigenvalue weighted by Crippen LogP contribution is -2.02. The van der Waals surface area contributed by atoms with Gasteiger partial charge in [0.2, 0.25) is 0 Å². The van der Waals surface area contributed by atoms with Crippen LogP contribution in [0.5, 0.6) is 0 Å². The van der Waals surface area contributed by atoms with Crippen molar-refractivity contribution >= 4 is 17.4 Å². The van der Waals surface area contributed by atoms with E-state index in [2.05, 4.69) is 6.92 Å². The first-order chi connectivity index (χ1) is 9.22. The van der Waals surface area contributed by atoms with Crippen LogP contribution in [-0.4, -0.2) is 5.78 Å². The third-order valence-corrected chi connectivity index (χ3v) is 3.58. The molecule has 0 fully saturated rings. The number of Topliss-reactive ketones (excluding diaryl/α,β-unsaturated/α-hetero) is 1. The van der Waals surface area contributed by atoms with E-state index in [4.69, 9.17) is 11.6 Å². The van der Waals surface area contributed by atoms with Crippen LogP contribution in [0.3, 0.4) is 0 Å². The molecule has 0 aliphatic heterocycles. The van der Waals surface area contributed by atoms with Crippen molar-refractivity contribution in [2.75, 3.05) is 0 Å². The number of carbonyl (C=O) groups excluding carboxylic acids is 1. The summed E-state index contributed by atoms with van der Waals surface area (Å²) in [5.74, 6) is 0.329. The van der Waals surface area contributed by atoms with E-state index in [0.29, 0.717) is 23.6 Å². The highest BCUT2D eigenvalue weighted by atomic mass is 35.5. The van der Waals surface area contributed by atoms with Crippen molar-refractivity contribution in [3.05, 3.63) is 34.9 Å². The van der Waals surface area contributed by atoms with E-state index in [0.717, 1.165) is 12.0 Å². The Morgan fingerprint density at radius 3 is 2.42 bits per heavy atom. The summed E-state index contributed by atoms with van der Waals surface area (Å²) in [5, 5.41) is 0.709. The predicted molar refractivity (Wildman–Crippen MR) is 82.8 cm³/mol. The summed E-state index contributed by atoms with van der Waals surface area (Å²) in [6.45, 7) is 2.23. The molecule has 0 atom stereocenters. The Bertz CT molecular complexity index is 373. The van der Waals surface area contributed by atoms with Crippen molar-refractivity contribution in [2.24, 2.45) is 0 Å². The molecule has 0 unspecified atom stereocenters. The molecule has 2 heteroatoms. The van der Waals surface area contributed by atoms with Gasteiger partial charge in [0.05, 0.1) is 0 Å². The fourth-order valence-electron chi connectivity index (χ4n) is 2.24. The second-order valence-corrected chi connectivity index (χ2v) is 5.65. The smallest absolute Gasteiger partial charge is 0.137 e. The Morgan fingerprint density at radius 2 is 1.74 bits per heavy atom. The molecule has 106 valence electrons. The van der Waals surface area contributed by atoms with Crippen molar-refractivity contribution in [2.45, 2.75) is 64.7 Å². The monoisotopic (exact) mass is 280 g/mol. The Kier molecular flexibility index (Phi) is 8.57. The summed E-state index contributed by atoms with van der Waals surface area (Å²) < 4.78 is 0. The summed E-state index contributed by atoms with van der Waals surface area (Å²) >= 11 is 5.90. The number of rotatable bonds is 10. The normalized spacial score (nSPS) is 10.6. The van der Waals surface area contributed by atoms with E-state index >= 15 is 0 Å². The van der Waals surface area contributed by atoms with Gasteiger partial charge in [-0.25, -0.2) is 0 Å². The topological polar surface area (TPSA) is 17.1 Å². The van der Waals surface area contributed by atoms with Gasteiger partial charge in [-0.1, -0.05) is 69.2 Å². The maximum Gasteiger partial charge on any atom is 0.137 e. The minimum Gasteiger partial charge on any atom is -0.299 e. The van der Waals surface area contributed by atoms with Crippen molar-refractivity contribution < 1.29 is 4.79 Å². The van der Waals surface area contributed by atoms with Crippen molar-refractivity contribution in [3.8, 4) is 0 Å². The van der Waals surface area contributed by atoms with Gasteiger partial charge < -0.3 is 0 Å². The van der Waals surface area contributed by atoms with Gasteiger partial charge in [-0.2, -0.15) is 0 Å². The fourth-order valence-corrected chi connectivity index (χ4v) is 2.46. The Hall–Kier alpha value is -0.820. The van der Waals surface area contributed by atoms with Gasteiger partial charge in [-0.15, -0.1) is 0 Å². The molecule has 0 radical (unpaired) electrons. The maximum atomic E-state index is 11.8. The van der Waals surface area contributed by atoms with Crippen LogP contribution in [0.15, 0.2) is 24.3 Å². The average molecular weight is 281 g/mol. The number of hydrogen-bond acceptors (Lipinski definition) is 1. The molecule has 0 amide bonds. The number of ketones is 1. The van der Waals surface area contributed by atoms with E-state index < -0.39 is 0 Å². The standard InChI is InChI=1S/C17H25ClO/c1-2-3-4-5-6-7-8-12-17(19)14-15-10-9-11-16(18)13-15/h9-11,13H,2-8,12,14H2,1H3. The van der Waals surface area contributed by atoms with Crippen LogP contribution in [0, 0.1) is 0 Å². The molecule has 0 saturated carbocycles. The molecule has 19 heavy (non-hydrogen) atoms. The zero-order chi connectivity index (χ0) is 13.9. The van der Waals surface area contributed by atoms with Crippen LogP contribution >= 0.6 is 11.6 Å². The van der Waals surface area contributed by atoms with E-state index in [1.807, 2.05) is 24.3 Å². The Balaban J connectivity index is 2.08. The Morgan fingerprint density at radius 1 is 1.05 bits per heavy atom. The van der Waals surface area contributed by atoms with Gasteiger partial charge in [0, 0.05) is 17.9 Å². The van der Waals surface area contributed by atoms with E-state index in [-0.39, 0.29) is 0 Å². The highest BCUT2D eigenvalue weighted by Gasteiger charge is 2.04. The molecule has 1 aromatic rings. The first kappa shape index (κ1) is 16.2. The molecule has 1 aromatic carbocycles. The van der Waals surface area contributed by atoms with Gasteiger partial charge in [-0.05, 0) is 24.1 Å². The van der Waals surface area contributed by atoms with E-state index in [9.17, 15) is 4.79 Å². The predicted octanol–water partition coefficient (Wildman–Crippen LogP) is 5.59. The summed E-state index contributed by atoms with van der Waals surface area (Å²) in [4.78, 5) is 11.8. The van der Waals surface area contributed by atoms with Crippen LogP contribution in [-0.2, 0) is 11.2 Å². The van der Waals surface area contributed by atoms with Crippen LogP contribution < -0.4 is 0 Å². The molecule has 1 rings (SSSR count). The molecule has 0 bridgehead atoms. The van der Waals surface area contributed by atoms with Crippen LogP contribution in [0.2, 0.25) is 5.02 Å². The van der Waals surface area contributed by atoms with Crippen molar-refractivity contribution in [3.63, 3.8) is 0 Å². The van der Waals surface area contributed by atoms with Crippen molar-refractivity contribution in [1.82, 2.24) is 0 Å². The number of carbonyl (C=O) groups is 1. The molecule has 0 aliphatic carbocycles. The maximum absolute atomic E-state index is 11.8. The minimum absolute atomic E-state index is 0.329. The molecule has 0 heterocycles. The van der Waals surface area contributed by atoms with E-state index in [1.54, 1.807) is 0 Å². The first-order valence-corrected chi connectivity index (χ1v) is 7.86.